The number of methoxy groups -OCH3 is 1. The Morgan fingerprint density at radius 3 is 2.24 bits per heavy atom. The first-order valence-electron chi connectivity index (χ1n) is 7.77. The second-order valence-electron chi connectivity index (χ2n) is 5.50. The first-order valence-corrected chi connectivity index (χ1v) is 9.21. The number of amides is 1. The highest BCUT2D eigenvalue weighted by atomic mass is 32.2. The fraction of sp³-hybridized carbons (Fsp3) is 0.278. The molecule has 0 fully saturated rings. The van der Waals surface area contributed by atoms with Crippen molar-refractivity contribution in [1.29, 1.82) is 0 Å². The van der Waals surface area contributed by atoms with Gasteiger partial charge < -0.3 is 10.1 Å². The highest BCUT2D eigenvalue weighted by Crippen LogP contribution is 2.30. The quantitative estimate of drug-likeness (QED) is 0.819. The molecule has 0 unspecified atom stereocenters. The Kier molecular flexibility index (Phi) is 6.17. The van der Waals surface area contributed by atoms with E-state index in [0.29, 0.717) is 11.3 Å². The van der Waals surface area contributed by atoms with E-state index in [2.05, 4.69) is 5.32 Å². The van der Waals surface area contributed by atoms with Crippen molar-refractivity contribution in [2.45, 2.75) is 17.4 Å². The van der Waals surface area contributed by atoms with E-state index in [1.807, 2.05) is 0 Å². The van der Waals surface area contributed by atoms with Gasteiger partial charge in [-0.05, 0) is 29.8 Å². The average Bonchev–Trinajstić information content (AvgIpc) is 2.66. The lowest BCUT2D eigenvalue weighted by Gasteiger charge is -2.27. The zero-order chi connectivity index (χ0) is 18.4. The van der Waals surface area contributed by atoms with Gasteiger partial charge >= 0.3 is 0 Å². The SMILES string of the molecule is CNC(=O)C[C@@H](c1ccc(OC)cc1)N(C)S(=O)(=O)c1ccccc1. The van der Waals surface area contributed by atoms with Crippen LogP contribution in [-0.2, 0) is 14.8 Å². The number of sulfonamides is 1. The summed E-state index contributed by atoms with van der Waals surface area (Å²) in [7, 11) is 0.838. The molecular weight excluding hydrogens is 340 g/mol. The van der Waals surface area contributed by atoms with Gasteiger partial charge in [0, 0.05) is 20.5 Å². The van der Waals surface area contributed by atoms with E-state index in [0.717, 1.165) is 0 Å². The lowest BCUT2D eigenvalue weighted by atomic mass is 10.0. The topological polar surface area (TPSA) is 75.7 Å². The fourth-order valence-electron chi connectivity index (χ4n) is 2.49. The molecule has 7 heteroatoms. The molecule has 0 spiro atoms. The van der Waals surface area contributed by atoms with Crippen LogP contribution in [0.2, 0.25) is 0 Å². The Bertz CT molecular complexity index is 805. The van der Waals surface area contributed by atoms with E-state index in [1.165, 1.54) is 30.5 Å². The molecule has 2 rings (SSSR count). The van der Waals surface area contributed by atoms with Gasteiger partial charge in [0.2, 0.25) is 15.9 Å². The number of hydrogen-bond donors (Lipinski definition) is 1. The van der Waals surface area contributed by atoms with Crippen molar-refractivity contribution >= 4 is 15.9 Å². The van der Waals surface area contributed by atoms with Crippen LogP contribution in [-0.4, -0.2) is 39.8 Å². The summed E-state index contributed by atoms with van der Waals surface area (Å²) >= 11 is 0. The zero-order valence-electron chi connectivity index (χ0n) is 14.5. The van der Waals surface area contributed by atoms with Gasteiger partial charge in [0.25, 0.3) is 0 Å². The fourth-order valence-corrected chi connectivity index (χ4v) is 3.85. The standard InChI is InChI=1S/C18H22N2O4S/c1-19-18(21)13-17(14-9-11-15(24-3)12-10-14)20(2)25(22,23)16-7-5-4-6-8-16/h4-12,17H,13H2,1-3H3,(H,19,21)/t17-/m0/s1. The summed E-state index contributed by atoms with van der Waals surface area (Å²) < 4.78 is 32.2. The molecule has 0 radical (unpaired) electrons. The van der Waals surface area contributed by atoms with Crippen LogP contribution in [0, 0.1) is 0 Å². The molecule has 2 aromatic rings. The monoisotopic (exact) mass is 362 g/mol. The molecule has 0 saturated carbocycles. The van der Waals surface area contributed by atoms with Crippen molar-refractivity contribution in [2.75, 3.05) is 21.2 Å². The summed E-state index contributed by atoms with van der Waals surface area (Å²) in [4.78, 5) is 12.1. The Balaban J connectivity index is 2.41. The number of nitrogens with one attached hydrogen (secondary N) is 1. The maximum atomic E-state index is 12.9. The van der Waals surface area contributed by atoms with E-state index in [4.69, 9.17) is 4.74 Å². The molecule has 25 heavy (non-hydrogen) atoms. The van der Waals surface area contributed by atoms with Crippen LogP contribution in [0.15, 0.2) is 59.5 Å². The molecule has 1 amide bonds. The lowest BCUT2D eigenvalue weighted by Crippen LogP contribution is -2.34. The van der Waals surface area contributed by atoms with Gasteiger partial charge in [0.15, 0.2) is 0 Å². The van der Waals surface area contributed by atoms with Crippen molar-refractivity contribution in [1.82, 2.24) is 9.62 Å². The van der Waals surface area contributed by atoms with Crippen molar-refractivity contribution in [2.24, 2.45) is 0 Å². The predicted octanol–water partition coefficient (Wildman–Crippen LogP) is 2.19. The molecule has 0 aliphatic rings. The van der Waals surface area contributed by atoms with E-state index < -0.39 is 16.1 Å². The van der Waals surface area contributed by atoms with E-state index in [1.54, 1.807) is 49.6 Å². The van der Waals surface area contributed by atoms with Gasteiger partial charge in [-0.2, -0.15) is 4.31 Å². The van der Waals surface area contributed by atoms with Gasteiger partial charge in [-0.15, -0.1) is 0 Å². The van der Waals surface area contributed by atoms with Crippen LogP contribution >= 0.6 is 0 Å². The smallest absolute Gasteiger partial charge is 0.243 e. The summed E-state index contributed by atoms with van der Waals surface area (Å²) in [6, 6.07) is 14.6. The summed E-state index contributed by atoms with van der Waals surface area (Å²) in [5.74, 6) is 0.423. The molecule has 0 heterocycles. The normalized spacial score (nSPS) is 12.6. The van der Waals surface area contributed by atoms with Crippen molar-refractivity contribution < 1.29 is 17.9 Å². The molecule has 2 aromatic carbocycles. The molecule has 0 aliphatic carbocycles. The van der Waals surface area contributed by atoms with Crippen molar-refractivity contribution in [3.8, 4) is 5.75 Å². The molecule has 0 saturated heterocycles. The largest absolute Gasteiger partial charge is 0.497 e. The molecule has 0 aliphatic heterocycles. The highest BCUT2D eigenvalue weighted by molar-refractivity contribution is 7.89. The van der Waals surface area contributed by atoms with Crippen molar-refractivity contribution in [3.05, 3.63) is 60.2 Å². The highest BCUT2D eigenvalue weighted by Gasteiger charge is 2.30. The van der Waals surface area contributed by atoms with Crippen LogP contribution in [0.5, 0.6) is 5.75 Å². The second kappa shape index (κ2) is 8.13. The van der Waals surface area contributed by atoms with Gasteiger partial charge in [0.1, 0.15) is 5.75 Å². The first-order chi connectivity index (χ1) is 11.9. The molecule has 0 aromatic heterocycles. The molecule has 1 N–H and O–H groups in total. The minimum absolute atomic E-state index is 0.0192. The third-order valence-electron chi connectivity index (χ3n) is 4.02. The van der Waals surface area contributed by atoms with E-state index in [9.17, 15) is 13.2 Å². The van der Waals surface area contributed by atoms with Gasteiger partial charge in [-0.25, -0.2) is 8.42 Å². The van der Waals surface area contributed by atoms with Crippen LogP contribution in [0.25, 0.3) is 0 Å². The minimum atomic E-state index is -3.73. The summed E-state index contributed by atoms with van der Waals surface area (Å²) in [6.07, 6.45) is 0.0192. The lowest BCUT2D eigenvalue weighted by molar-refractivity contribution is -0.121. The second-order valence-corrected chi connectivity index (χ2v) is 7.50. The van der Waals surface area contributed by atoms with Gasteiger partial charge in [0.05, 0.1) is 18.0 Å². The summed E-state index contributed by atoms with van der Waals surface area (Å²) in [5, 5.41) is 2.55. The number of carbonyl (C=O) groups excluding carboxylic acids is 1. The molecule has 134 valence electrons. The Labute approximate surface area is 148 Å². The summed E-state index contributed by atoms with van der Waals surface area (Å²) in [6.45, 7) is 0. The van der Waals surface area contributed by atoms with Gasteiger partial charge in [-0.3, -0.25) is 4.79 Å². The van der Waals surface area contributed by atoms with Crippen LogP contribution in [0.1, 0.15) is 18.0 Å². The first kappa shape index (κ1) is 19.0. The molecule has 1 atom stereocenters. The Morgan fingerprint density at radius 1 is 1.12 bits per heavy atom. The maximum absolute atomic E-state index is 12.9. The number of hydrogen-bond acceptors (Lipinski definition) is 4. The average molecular weight is 362 g/mol. The number of carbonyl (C=O) groups is 1. The Morgan fingerprint density at radius 2 is 1.72 bits per heavy atom. The summed E-state index contributed by atoms with van der Waals surface area (Å²) in [5.41, 5.74) is 0.714. The Hall–Kier alpha value is -2.38. The number of rotatable bonds is 7. The number of benzene rings is 2. The van der Waals surface area contributed by atoms with Crippen LogP contribution in [0.4, 0.5) is 0 Å². The van der Waals surface area contributed by atoms with Crippen molar-refractivity contribution in [3.63, 3.8) is 0 Å². The van der Waals surface area contributed by atoms with E-state index >= 15 is 0 Å². The molecular formula is C18H22N2O4S. The zero-order valence-corrected chi connectivity index (χ0v) is 15.3. The molecule has 6 nitrogen and oxygen atoms in total. The maximum Gasteiger partial charge on any atom is 0.243 e. The molecule has 0 bridgehead atoms. The number of nitrogens with zero attached hydrogens (tertiary/aromatic N) is 1. The third kappa shape index (κ3) is 4.37. The third-order valence-corrected chi connectivity index (χ3v) is 5.90. The minimum Gasteiger partial charge on any atom is -0.497 e. The predicted molar refractivity (Wildman–Crippen MR) is 95.8 cm³/mol. The van der Waals surface area contributed by atoms with E-state index in [-0.39, 0.29) is 17.2 Å². The van der Waals surface area contributed by atoms with Crippen LogP contribution < -0.4 is 10.1 Å². The van der Waals surface area contributed by atoms with Crippen LogP contribution in [0.3, 0.4) is 0 Å². The van der Waals surface area contributed by atoms with Gasteiger partial charge in [-0.1, -0.05) is 30.3 Å². The number of ether oxygens (including phenoxy) is 1.